The third-order valence-electron chi connectivity index (χ3n) is 4.75. The van der Waals surface area contributed by atoms with Gasteiger partial charge in [-0.1, -0.05) is 17.9 Å². The lowest BCUT2D eigenvalue weighted by Gasteiger charge is -2.40. The SMILES string of the molecule is CCOC(=O)N1C2CCC1CC(O)(C#Cc1cccc(OC)c1)C2. The summed E-state index contributed by atoms with van der Waals surface area (Å²) >= 11 is 0. The highest BCUT2D eigenvalue weighted by molar-refractivity contribution is 5.69. The zero-order valence-electron chi connectivity index (χ0n) is 14.1. The zero-order chi connectivity index (χ0) is 17.2. The van der Waals surface area contributed by atoms with Gasteiger partial charge in [0.2, 0.25) is 0 Å². The molecule has 0 spiro atoms. The molecule has 24 heavy (non-hydrogen) atoms. The van der Waals surface area contributed by atoms with Gasteiger partial charge in [0.25, 0.3) is 0 Å². The number of methoxy groups -OCH3 is 1. The molecular formula is C19H23NO4. The minimum atomic E-state index is -1.06. The fourth-order valence-electron chi connectivity index (χ4n) is 3.71. The topological polar surface area (TPSA) is 59.0 Å². The number of amides is 1. The predicted octanol–water partition coefficient (Wildman–Crippen LogP) is 2.56. The van der Waals surface area contributed by atoms with Gasteiger partial charge in [-0.25, -0.2) is 4.79 Å². The highest BCUT2D eigenvalue weighted by Crippen LogP contribution is 2.41. The molecule has 2 bridgehead atoms. The Morgan fingerprint density at radius 3 is 2.71 bits per heavy atom. The summed E-state index contributed by atoms with van der Waals surface area (Å²) in [5, 5.41) is 10.9. The van der Waals surface area contributed by atoms with Crippen molar-refractivity contribution >= 4 is 6.09 Å². The number of fused-ring (bicyclic) bond motifs is 2. The molecule has 0 aliphatic carbocycles. The lowest BCUT2D eigenvalue weighted by atomic mass is 9.86. The third-order valence-corrected chi connectivity index (χ3v) is 4.75. The molecule has 2 unspecified atom stereocenters. The van der Waals surface area contributed by atoms with Gasteiger partial charge in [0.05, 0.1) is 13.7 Å². The van der Waals surface area contributed by atoms with Crippen molar-refractivity contribution in [1.29, 1.82) is 0 Å². The Morgan fingerprint density at radius 1 is 1.38 bits per heavy atom. The van der Waals surface area contributed by atoms with Gasteiger partial charge in [0.15, 0.2) is 0 Å². The van der Waals surface area contributed by atoms with Crippen molar-refractivity contribution < 1.29 is 19.4 Å². The quantitative estimate of drug-likeness (QED) is 0.847. The molecule has 1 aromatic carbocycles. The molecule has 3 rings (SSSR count). The van der Waals surface area contributed by atoms with Crippen LogP contribution < -0.4 is 4.74 Å². The Morgan fingerprint density at radius 2 is 2.08 bits per heavy atom. The zero-order valence-corrected chi connectivity index (χ0v) is 14.1. The highest BCUT2D eigenvalue weighted by Gasteiger charge is 2.49. The largest absolute Gasteiger partial charge is 0.497 e. The van der Waals surface area contributed by atoms with Crippen LogP contribution >= 0.6 is 0 Å². The van der Waals surface area contributed by atoms with Gasteiger partial charge in [0, 0.05) is 30.5 Å². The van der Waals surface area contributed by atoms with Crippen LogP contribution in [0.15, 0.2) is 24.3 Å². The first kappa shape index (κ1) is 16.7. The van der Waals surface area contributed by atoms with E-state index in [4.69, 9.17) is 9.47 Å². The van der Waals surface area contributed by atoms with Gasteiger partial charge in [-0.3, -0.25) is 0 Å². The van der Waals surface area contributed by atoms with Crippen LogP contribution in [0.1, 0.15) is 38.2 Å². The van der Waals surface area contributed by atoms with E-state index < -0.39 is 5.60 Å². The number of carbonyl (C=O) groups is 1. The van der Waals surface area contributed by atoms with Crippen molar-refractivity contribution in [1.82, 2.24) is 4.90 Å². The smallest absolute Gasteiger partial charge is 0.410 e. The number of carbonyl (C=O) groups excluding carboxylic acids is 1. The number of piperidine rings is 1. The summed E-state index contributed by atoms with van der Waals surface area (Å²) in [4.78, 5) is 13.9. The highest BCUT2D eigenvalue weighted by atomic mass is 16.6. The Bertz CT molecular complexity index is 661. The molecule has 2 heterocycles. The average Bonchev–Trinajstić information content (AvgIpc) is 2.86. The van der Waals surface area contributed by atoms with Gasteiger partial charge in [0.1, 0.15) is 11.4 Å². The number of aliphatic hydroxyl groups is 1. The predicted molar refractivity (Wildman–Crippen MR) is 89.7 cm³/mol. The van der Waals surface area contributed by atoms with E-state index in [0.717, 1.165) is 24.2 Å². The summed E-state index contributed by atoms with van der Waals surface area (Å²) in [5.41, 5.74) is -0.249. The maximum Gasteiger partial charge on any atom is 0.410 e. The third kappa shape index (κ3) is 3.34. The normalized spacial score (nSPS) is 28.0. The van der Waals surface area contributed by atoms with E-state index in [9.17, 15) is 9.90 Å². The molecule has 2 saturated heterocycles. The lowest BCUT2D eigenvalue weighted by Crippen LogP contribution is -2.52. The monoisotopic (exact) mass is 329 g/mol. The molecular weight excluding hydrogens is 306 g/mol. The van der Waals surface area contributed by atoms with Crippen LogP contribution in [0.2, 0.25) is 0 Å². The summed E-state index contributed by atoms with van der Waals surface area (Å²) in [7, 11) is 1.61. The minimum absolute atomic E-state index is 0.00686. The van der Waals surface area contributed by atoms with Crippen LogP contribution in [0, 0.1) is 11.8 Å². The van der Waals surface area contributed by atoms with Gasteiger partial charge in [-0.15, -0.1) is 0 Å². The van der Waals surface area contributed by atoms with E-state index in [1.807, 2.05) is 24.3 Å². The molecule has 1 aromatic rings. The van der Waals surface area contributed by atoms with E-state index in [1.165, 1.54) is 0 Å². The number of rotatable bonds is 2. The van der Waals surface area contributed by atoms with Crippen molar-refractivity contribution in [2.45, 2.75) is 50.3 Å². The maximum absolute atomic E-state index is 12.1. The second kappa shape index (κ2) is 6.74. The lowest BCUT2D eigenvalue weighted by molar-refractivity contribution is -0.0101. The molecule has 1 N–H and O–H groups in total. The number of hydrogen-bond donors (Lipinski definition) is 1. The first-order valence-electron chi connectivity index (χ1n) is 8.39. The fourth-order valence-corrected chi connectivity index (χ4v) is 3.71. The molecule has 2 aliphatic rings. The van der Waals surface area contributed by atoms with E-state index in [0.29, 0.717) is 19.4 Å². The van der Waals surface area contributed by atoms with E-state index in [1.54, 1.807) is 18.9 Å². The fraction of sp³-hybridized carbons (Fsp3) is 0.526. The Labute approximate surface area is 142 Å². The van der Waals surface area contributed by atoms with Crippen LogP contribution in [0.3, 0.4) is 0 Å². The van der Waals surface area contributed by atoms with Gasteiger partial charge in [-0.2, -0.15) is 0 Å². The number of hydrogen-bond acceptors (Lipinski definition) is 4. The minimum Gasteiger partial charge on any atom is -0.497 e. The second-order valence-corrected chi connectivity index (χ2v) is 6.41. The summed E-state index contributed by atoms with van der Waals surface area (Å²) in [5.74, 6) is 6.82. The van der Waals surface area contributed by atoms with Crippen LogP contribution in [0.5, 0.6) is 5.75 Å². The van der Waals surface area contributed by atoms with E-state index >= 15 is 0 Å². The summed E-state index contributed by atoms with van der Waals surface area (Å²) in [6.45, 7) is 2.17. The van der Waals surface area contributed by atoms with Crippen molar-refractivity contribution in [2.24, 2.45) is 0 Å². The molecule has 5 nitrogen and oxygen atoms in total. The number of ether oxygens (including phenoxy) is 2. The first-order chi connectivity index (χ1) is 11.5. The van der Waals surface area contributed by atoms with Crippen LogP contribution in [0.4, 0.5) is 4.79 Å². The van der Waals surface area contributed by atoms with Crippen LogP contribution in [-0.2, 0) is 4.74 Å². The Hall–Kier alpha value is -2.19. The second-order valence-electron chi connectivity index (χ2n) is 6.41. The Balaban J connectivity index is 1.75. The molecule has 0 aromatic heterocycles. The van der Waals surface area contributed by atoms with Crippen molar-refractivity contribution in [3.05, 3.63) is 29.8 Å². The standard InChI is InChI=1S/C19H23NO4/c1-3-24-18(21)20-15-7-8-16(20)13-19(22,12-15)10-9-14-5-4-6-17(11-14)23-2/h4-6,11,15-16,22H,3,7-8,12-13H2,1-2H3. The number of benzene rings is 1. The molecule has 5 heteroatoms. The summed E-state index contributed by atoms with van der Waals surface area (Å²) in [6.07, 6.45) is 2.46. The van der Waals surface area contributed by atoms with E-state index in [-0.39, 0.29) is 18.2 Å². The summed E-state index contributed by atoms with van der Waals surface area (Å²) < 4.78 is 10.3. The summed E-state index contributed by atoms with van der Waals surface area (Å²) in [6, 6.07) is 7.48. The van der Waals surface area contributed by atoms with E-state index in [2.05, 4.69) is 11.8 Å². The van der Waals surface area contributed by atoms with Crippen LogP contribution in [-0.4, -0.2) is 47.5 Å². The first-order valence-corrected chi connectivity index (χ1v) is 8.39. The van der Waals surface area contributed by atoms with Gasteiger partial charge in [-0.05, 0) is 38.0 Å². The molecule has 0 radical (unpaired) electrons. The van der Waals surface area contributed by atoms with Crippen molar-refractivity contribution in [2.75, 3.05) is 13.7 Å². The molecule has 1 amide bonds. The molecule has 128 valence electrons. The molecule has 2 fully saturated rings. The molecule has 0 saturated carbocycles. The van der Waals surface area contributed by atoms with Gasteiger partial charge < -0.3 is 19.5 Å². The molecule has 2 atom stereocenters. The maximum atomic E-state index is 12.1. The molecule has 2 aliphatic heterocycles. The Kier molecular flexibility index (Phi) is 4.68. The van der Waals surface area contributed by atoms with Crippen molar-refractivity contribution in [3.63, 3.8) is 0 Å². The average molecular weight is 329 g/mol. The van der Waals surface area contributed by atoms with Crippen LogP contribution in [0.25, 0.3) is 0 Å². The van der Waals surface area contributed by atoms with Gasteiger partial charge >= 0.3 is 6.09 Å². The van der Waals surface area contributed by atoms with Crippen molar-refractivity contribution in [3.8, 4) is 17.6 Å². The number of nitrogens with zero attached hydrogens (tertiary/aromatic N) is 1.